The van der Waals surface area contributed by atoms with E-state index in [4.69, 9.17) is 4.74 Å². The van der Waals surface area contributed by atoms with Crippen molar-refractivity contribution in [3.8, 4) is 5.75 Å². The van der Waals surface area contributed by atoms with E-state index in [9.17, 15) is 0 Å². The molecule has 0 aliphatic carbocycles. The summed E-state index contributed by atoms with van der Waals surface area (Å²) in [7, 11) is 0. The van der Waals surface area contributed by atoms with Crippen molar-refractivity contribution >= 4 is 11.3 Å². The molecule has 1 aromatic carbocycles. The third-order valence-electron chi connectivity index (χ3n) is 5.16. The Hall–Kier alpha value is -1.36. The molecule has 2 saturated heterocycles. The lowest BCUT2D eigenvalue weighted by atomic mass is 10.1. The molecule has 4 rings (SSSR count). The maximum atomic E-state index is 6.06. The van der Waals surface area contributed by atoms with Gasteiger partial charge in [0.2, 0.25) is 0 Å². The first-order valence-corrected chi connectivity index (χ1v) is 10.4. The number of piperidine rings is 1. The summed E-state index contributed by atoms with van der Waals surface area (Å²) in [4.78, 5) is 6.57. The average Bonchev–Trinajstić information content (AvgIpc) is 3.01. The fourth-order valence-corrected chi connectivity index (χ4v) is 4.72. The summed E-state index contributed by atoms with van der Waals surface area (Å²) in [6.45, 7) is 8.93. The van der Waals surface area contributed by atoms with Crippen LogP contribution in [0.4, 0.5) is 0 Å². The van der Waals surface area contributed by atoms with Crippen LogP contribution in [-0.4, -0.2) is 42.1 Å². The van der Waals surface area contributed by atoms with Gasteiger partial charge in [-0.2, -0.15) is 0 Å². The molecule has 2 aliphatic heterocycles. The molecular formula is C21H28N2OS. The Morgan fingerprint density at radius 2 is 1.88 bits per heavy atom. The number of ether oxygens (including phenoxy) is 1. The second-order valence-corrected chi connectivity index (χ2v) is 8.50. The van der Waals surface area contributed by atoms with Gasteiger partial charge in [0.05, 0.1) is 0 Å². The van der Waals surface area contributed by atoms with Crippen molar-refractivity contribution in [2.75, 3.05) is 26.2 Å². The molecule has 2 aliphatic rings. The molecule has 4 heteroatoms. The summed E-state index contributed by atoms with van der Waals surface area (Å²) in [6, 6.07) is 10.8. The van der Waals surface area contributed by atoms with E-state index in [0.29, 0.717) is 6.10 Å². The lowest BCUT2D eigenvalue weighted by Gasteiger charge is -2.38. The molecule has 3 heterocycles. The summed E-state index contributed by atoms with van der Waals surface area (Å²) in [5.74, 6) is 1.00. The number of thiophene rings is 1. The van der Waals surface area contributed by atoms with Crippen molar-refractivity contribution in [1.82, 2.24) is 9.80 Å². The third-order valence-corrected chi connectivity index (χ3v) is 6.13. The van der Waals surface area contributed by atoms with Gasteiger partial charge < -0.3 is 4.74 Å². The number of rotatable bonds is 6. The molecule has 0 bridgehead atoms. The van der Waals surface area contributed by atoms with Crippen LogP contribution in [-0.2, 0) is 13.1 Å². The highest BCUT2D eigenvalue weighted by atomic mass is 32.1. The van der Waals surface area contributed by atoms with Crippen LogP contribution in [0.15, 0.2) is 35.7 Å². The van der Waals surface area contributed by atoms with E-state index in [-0.39, 0.29) is 0 Å². The van der Waals surface area contributed by atoms with Gasteiger partial charge in [0.25, 0.3) is 0 Å². The van der Waals surface area contributed by atoms with Crippen LogP contribution in [0.25, 0.3) is 0 Å². The van der Waals surface area contributed by atoms with Gasteiger partial charge in [0.1, 0.15) is 11.9 Å². The molecule has 3 nitrogen and oxygen atoms in total. The van der Waals surface area contributed by atoms with Gasteiger partial charge >= 0.3 is 0 Å². The Morgan fingerprint density at radius 1 is 1.04 bits per heavy atom. The fraction of sp³-hybridized carbons (Fsp3) is 0.524. The van der Waals surface area contributed by atoms with Crippen LogP contribution >= 0.6 is 11.3 Å². The molecule has 0 radical (unpaired) electrons. The van der Waals surface area contributed by atoms with Crippen LogP contribution in [0.1, 0.15) is 35.3 Å². The molecule has 25 heavy (non-hydrogen) atoms. The van der Waals surface area contributed by atoms with E-state index in [2.05, 4.69) is 52.4 Å². The van der Waals surface area contributed by atoms with Crippen LogP contribution in [0.5, 0.6) is 5.75 Å². The zero-order chi connectivity index (χ0) is 17.1. The van der Waals surface area contributed by atoms with E-state index in [1.54, 1.807) is 0 Å². The van der Waals surface area contributed by atoms with Crippen molar-refractivity contribution in [3.05, 3.63) is 51.7 Å². The number of nitrogens with zero attached hydrogens (tertiary/aromatic N) is 2. The number of likely N-dealkylation sites (tertiary alicyclic amines) is 2. The Morgan fingerprint density at radius 3 is 2.68 bits per heavy atom. The van der Waals surface area contributed by atoms with Gasteiger partial charge in [-0.15, -0.1) is 11.3 Å². The van der Waals surface area contributed by atoms with Crippen molar-refractivity contribution in [2.45, 2.75) is 45.4 Å². The predicted octanol–water partition coefficient (Wildman–Crippen LogP) is 4.31. The first kappa shape index (κ1) is 17.1. The fourth-order valence-electron chi connectivity index (χ4n) is 3.80. The highest BCUT2D eigenvalue weighted by Gasteiger charge is 2.28. The zero-order valence-electron chi connectivity index (χ0n) is 15.1. The van der Waals surface area contributed by atoms with Gasteiger partial charge in [-0.05, 0) is 67.6 Å². The highest BCUT2D eigenvalue weighted by Crippen LogP contribution is 2.24. The van der Waals surface area contributed by atoms with Gasteiger partial charge in [-0.1, -0.05) is 18.6 Å². The minimum absolute atomic E-state index is 0.342. The Bertz CT molecular complexity index is 687. The maximum absolute atomic E-state index is 6.06. The lowest BCUT2D eigenvalue weighted by molar-refractivity contribution is 0.0152. The predicted molar refractivity (Wildman–Crippen MR) is 104 cm³/mol. The summed E-state index contributed by atoms with van der Waals surface area (Å²) in [6.07, 6.45) is 4.49. The Kier molecular flexibility index (Phi) is 5.39. The highest BCUT2D eigenvalue weighted by molar-refractivity contribution is 7.10. The summed E-state index contributed by atoms with van der Waals surface area (Å²) < 4.78 is 6.06. The third kappa shape index (κ3) is 4.63. The average molecular weight is 357 g/mol. The zero-order valence-corrected chi connectivity index (χ0v) is 15.9. The van der Waals surface area contributed by atoms with Gasteiger partial charge in [0.15, 0.2) is 0 Å². The van der Waals surface area contributed by atoms with Crippen LogP contribution < -0.4 is 4.74 Å². The number of aryl methyl sites for hydroxylation is 1. The van der Waals surface area contributed by atoms with E-state index < -0.39 is 0 Å². The molecule has 0 N–H and O–H groups in total. The standard InChI is InChI=1S/C21H28N2OS/c1-17-6-5-7-19(10-17)24-20-13-23(14-20)15-21-11-18(16-25-21)12-22-8-3-2-4-9-22/h5-7,10-11,16,20H,2-4,8-9,12-15H2,1H3. The first-order valence-electron chi connectivity index (χ1n) is 9.49. The van der Waals surface area contributed by atoms with E-state index in [1.165, 1.54) is 48.4 Å². The van der Waals surface area contributed by atoms with Crippen molar-refractivity contribution < 1.29 is 4.74 Å². The monoisotopic (exact) mass is 356 g/mol. The quantitative estimate of drug-likeness (QED) is 0.767. The van der Waals surface area contributed by atoms with Gasteiger partial charge in [0, 0.05) is 31.1 Å². The molecule has 0 atom stereocenters. The molecular weight excluding hydrogens is 328 g/mol. The van der Waals surface area contributed by atoms with Gasteiger partial charge in [-0.3, -0.25) is 9.80 Å². The molecule has 1 aromatic heterocycles. The summed E-state index contributed by atoms with van der Waals surface area (Å²) in [5.41, 5.74) is 2.75. The van der Waals surface area contributed by atoms with Crippen LogP contribution in [0, 0.1) is 6.92 Å². The largest absolute Gasteiger partial charge is 0.488 e. The lowest BCUT2D eigenvalue weighted by Crippen LogP contribution is -2.52. The molecule has 2 fully saturated rings. The summed E-state index contributed by atoms with van der Waals surface area (Å²) >= 11 is 1.91. The van der Waals surface area contributed by atoms with Crippen molar-refractivity contribution in [2.24, 2.45) is 0 Å². The number of hydrogen-bond donors (Lipinski definition) is 0. The number of benzene rings is 1. The second kappa shape index (κ2) is 7.90. The first-order chi connectivity index (χ1) is 12.2. The molecule has 2 aromatic rings. The van der Waals surface area contributed by atoms with E-state index in [1.807, 2.05) is 11.3 Å². The van der Waals surface area contributed by atoms with Gasteiger partial charge in [-0.25, -0.2) is 0 Å². The number of hydrogen-bond acceptors (Lipinski definition) is 4. The Balaban J connectivity index is 1.21. The molecule has 0 unspecified atom stereocenters. The second-order valence-electron chi connectivity index (χ2n) is 7.51. The molecule has 0 spiro atoms. The minimum Gasteiger partial charge on any atom is -0.488 e. The smallest absolute Gasteiger partial charge is 0.124 e. The SMILES string of the molecule is Cc1cccc(OC2CN(Cc3cc(CN4CCCCC4)cs3)C2)c1. The van der Waals surface area contributed by atoms with Crippen molar-refractivity contribution in [3.63, 3.8) is 0 Å². The van der Waals surface area contributed by atoms with Crippen LogP contribution in [0.3, 0.4) is 0 Å². The normalized spacial score (nSPS) is 19.7. The van der Waals surface area contributed by atoms with E-state index >= 15 is 0 Å². The maximum Gasteiger partial charge on any atom is 0.124 e. The summed E-state index contributed by atoms with van der Waals surface area (Å²) in [5, 5.41) is 2.35. The van der Waals surface area contributed by atoms with E-state index in [0.717, 1.165) is 31.9 Å². The minimum atomic E-state index is 0.342. The molecule has 134 valence electrons. The van der Waals surface area contributed by atoms with Crippen molar-refractivity contribution in [1.29, 1.82) is 0 Å². The molecule has 0 amide bonds. The topological polar surface area (TPSA) is 15.7 Å². The molecule has 0 saturated carbocycles. The van der Waals surface area contributed by atoms with Crippen LogP contribution in [0.2, 0.25) is 0 Å². The Labute approximate surface area is 155 Å².